The van der Waals surface area contributed by atoms with Gasteiger partial charge in [0.1, 0.15) is 5.75 Å². The molecule has 1 aliphatic heterocycles. The lowest BCUT2D eigenvalue weighted by Crippen LogP contribution is -2.58. The molecule has 1 aromatic carbocycles. The average molecular weight is 263 g/mol. The smallest absolute Gasteiger partial charge is 0.142 e. The Morgan fingerprint density at radius 3 is 2.74 bits per heavy atom. The molecule has 2 N–H and O–H groups in total. The molecule has 0 aromatic heterocycles. The van der Waals surface area contributed by atoms with Crippen LogP contribution >= 0.6 is 0 Å². The van der Waals surface area contributed by atoms with Gasteiger partial charge in [-0.05, 0) is 33.0 Å². The van der Waals surface area contributed by atoms with Crippen molar-refractivity contribution in [3.8, 4) is 5.75 Å². The van der Waals surface area contributed by atoms with E-state index in [1.807, 2.05) is 19.1 Å². The number of ether oxygens (including phenoxy) is 1. The zero-order valence-corrected chi connectivity index (χ0v) is 12.2. The standard InChI is InChI=1S/C15H25N3O/c1-4-19-15-8-6-5-7-14(15)18-11-13(9-16)17(3)10-12(18)2/h5-8,12-13H,4,9-11,16H2,1-3H3. The first kappa shape index (κ1) is 14.2. The van der Waals surface area contributed by atoms with E-state index in [4.69, 9.17) is 10.5 Å². The van der Waals surface area contributed by atoms with Crippen LogP contribution in [-0.2, 0) is 0 Å². The van der Waals surface area contributed by atoms with Gasteiger partial charge in [0.05, 0.1) is 12.3 Å². The van der Waals surface area contributed by atoms with Gasteiger partial charge in [-0.1, -0.05) is 12.1 Å². The highest BCUT2D eigenvalue weighted by Gasteiger charge is 2.29. The van der Waals surface area contributed by atoms with E-state index < -0.39 is 0 Å². The van der Waals surface area contributed by atoms with Crippen LogP contribution in [0, 0.1) is 0 Å². The van der Waals surface area contributed by atoms with E-state index in [0.717, 1.165) is 18.8 Å². The van der Waals surface area contributed by atoms with Gasteiger partial charge in [-0.3, -0.25) is 4.90 Å². The van der Waals surface area contributed by atoms with Gasteiger partial charge >= 0.3 is 0 Å². The lowest BCUT2D eigenvalue weighted by Gasteiger charge is -2.45. The average Bonchev–Trinajstić information content (AvgIpc) is 2.40. The summed E-state index contributed by atoms with van der Waals surface area (Å²) in [4.78, 5) is 4.77. The van der Waals surface area contributed by atoms with E-state index in [1.54, 1.807) is 0 Å². The van der Waals surface area contributed by atoms with Crippen LogP contribution in [0.5, 0.6) is 5.75 Å². The predicted molar refractivity (Wildman–Crippen MR) is 79.9 cm³/mol. The van der Waals surface area contributed by atoms with Crippen LogP contribution in [-0.4, -0.2) is 50.3 Å². The molecular weight excluding hydrogens is 238 g/mol. The van der Waals surface area contributed by atoms with Gasteiger partial charge in [0.2, 0.25) is 0 Å². The minimum absolute atomic E-state index is 0.408. The molecular formula is C15H25N3O. The van der Waals surface area contributed by atoms with E-state index in [1.165, 1.54) is 5.69 Å². The number of nitrogens with zero attached hydrogens (tertiary/aromatic N) is 2. The zero-order chi connectivity index (χ0) is 13.8. The van der Waals surface area contributed by atoms with Gasteiger partial charge in [0, 0.05) is 31.7 Å². The monoisotopic (exact) mass is 263 g/mol. The van der Waals surface area contributed by atoms with E-state index >= 15 is 0 Å². The van der Waals surface area contributed by atoms with E-state index in [9.17, 15) is 0 Å². The molecule has 1 saturated heterocycles. The van der Waals surface area contributed by atoms with Crippen molar-refractivity contribution in [3.05, 3.63) is 24.3 Å². The highest BCUT2D eigenvalue weighted by Crippen LogP contribution is 2.31. The van der Waals surface area contributed by atoms with Gasteiger partial charge in [0.25, 0.3) is 0 Å². The van der Waals surface area contributed by atoms with E-state index in [0.29, 0.717) is 25.2 Å². The fraction of sp³-hybridized carbons (Fsp3) is 0.600. The quantitative estimate of drug-likeness (QED) is 0.895. The van der Waals surface area contributed by atoms with Crippen molar-refractivity contribution in [1.82, 2.24) is 4.90 Å². The third-order valence-corrected chi connectivity index (χ3v) is 3.86. The molecule has 106 valence electrons. The van der Waals surface area contributed by atoms with Crippen molar-refractivity contribution >= 4 is 5.69 Å². The van der Waals surface area contributed by atoms with Crippen molar-refractivity contribution in [2.45, 2.75) is 25.9 Å². The molecule has 2 atom stereocenters. The molecule has 4 nitrogen and oxygen atoms in total. The van der Waals surface area contributed by atoms with Crippen LogP contribution in [0.1, 0.15) is 13.8 Å². The number of hydrogen-bond donors (Lipinski definition) is 1. The maximum absolute atomic E-state index is 5.88. The van der Waals surface area contributed by atoms with Crippen molar-refractivity contribution in [1.29, 1.82) is 0 Å². The van der Waals surface area contributed by atoms with Crippen LogP contribution in [0.4, 0.5) is 5.69 Å². The molecule has 4 heteroatoms. The Balaban J connectivity index is 2.24. The second-order valence-electron chi connectivity index (χ2n) is 5.23. The number of para-hydroxylation sites is 2. The fourth-order valence-corrected chi connectivity index (χ4v) is 2.77. The topological polar surface area (TPSA) is 41.7 Å². The maximum Gasteiger partial charge on any atom is 0.142 e. The van der Waals surface area contributed by atoms with Crippen LogP contribution in [0.25, 0.3) is 0 Å². The van der Waals surface area contributed by atoms with Crippen LogP contribution in [0.3, 0.4) is 0 Å². The molecule has 0 bridgehead atoms. The van der Waals surface area contributed by atoms with Crippen LogP contribution in [0.2, 0.25) is 0 Å². The molecule has 19 heavy (non-hydrogen) atoms. The molecule has 2 unspecified atom stereocenters. The Labute approximate surface area is 116 Å². The first-order valence-corrected chi connectivity index (χ1v) is 7.06. The summed E-state index contributed by atoms with van der Waals surface area (Å²) in [5.74, 6) is 0.970. The molecule has 1 heterocycles. The second kappa shape index (κ2) is 6.26. The largest absolute Gasteiger partial charge is 0.492 e. The number of nitrogens with two attached hydrogens (primary N) is 1. The zero-order valence-electron chi connectivity index (χ0n) is 12.2. The summed E-state index contributed by atoms with van der Waals surface area (Å²) in [6.45, 7) is 7.65. The minimum Gasteiger partial charge on any atom is -0.492 e. The molecule has 0 saturated carbocycles. The Bertz CT molecular complexity index is 410. The summed E-state index contributed by atoms with van der Waals surface area (Å²) in [7, 11) is 2.15. The number of likely N-dealkylation sites (N-methyl/N-ethyl adjacent to an activating group) is 1. The fourth-order valence-electron chi connectivity index (χ4n) is 2.77. The SMILES string of the molecule is CCOc1ccccc1N1CC(CN)N(C)CC1C. The maximum atomic E-state index is 5.88. The number of anilines is 1. The summed E-state index contributed by atoms with van der Waals surface area (Å²) >= 11 is 0. The van der Waals surface area contributed by atoms with Crippen molar-refractivity contribution in [2.75, 3.05) is 38.2 Å². The molecule has 0 spiro atoms. The number of hydrogen-bond acceptors (Lipinski definition) is 4. The van der Waals surface area contributed by atoms with Crippen molar-refractivity contribution < 1.29 is 4.74 Å². The molecule has 2 rings (SSSR count). The van der Waals surface area contributed by atoms with Gasteiger partial charge in [-0.2, -0.15) is 0 Å². The molecule has 1 aromatic rings. The summed E-state index contributed by atoms with van der Waals surface area (Å²) in [5.41, 5.74) is 7.06. The Morgan fingerprint density at radius 2 is 2.05 bits per heavy atom. The van der Waals surface area contributed by atoms with Crippen molar-refractivity contribution in [2.24, 2.45) is 5.73 Å². The normalized spacial score (nSPS) is 24.5. The van der Waals surface area contributed by atoms with E-state index in [2.05, 4.69) is 35.9 Å². The number of benzene rings is 1. The second-order valence-corrected chi connectivity index (χ2v) is 5.23. The lowest BCUT2D eigenvalue weighted by atomic mass is 10.1. The Kier molecular flexibility index (Phi) is 4.66. The van der Waals surface area contributed by atoms with Crippen molar-refractivity contribution in [3.63, 3.8) is 0 Å². The highest BCUT2D eigenvalue weighted by molar-refractivity contribution is 5.59. The van der Waals surface area contributed by atoms with Gasteiger partial charge < -0.3 is 15.4 Å². The first-order valence-electron chi connectivity index (χ1n) is 7.06. The summed E-state index contributed by atoms with van der Waals surface area (Å²) < 4.78 is 5.75. The minimum atomic E-state index is 0.408. The van der Waals surface area contributed by atoms with Gasteiger partial charge in [-0.25, -0.2) is 0 Å². The lowest BCUT2D eigenvalue weighted by molar-refractivity contribution is 0.196. The molecule has 0 aliphatic carbocycles. The summed E-state index contributed by atoms with van der Waals surface area (Å²) in [5, 5.41) is 0. The third kappa shape index (κ3) is 3.01. The van der Waals surface area contributed by atoms with E-state index in [-0.39, 0.29) is 0 Å². The summed E-state index contributed by atoms with van der Waals surface area (Å²) in [6.07, 6.45) is 0. The third-order valence-electron chi connectivity index (χ3n) is 3.86. The number of piperazine rings is 1. The van der Waals surface area contributed by atoms with Gasteiger partial charge in [0.15, 0.2) is 0 Å². The van der Waals surface area contributed by atoms with Crippen LogP contribution < -0.4 is 15.4 Å². The van der Waals surface area contributed by atoms with Crippen LogP contribution in [0.15, 0.2) is 24.3 Å². The summed E-state index contributed by atoms with van der Waals surface area (Å²) in [6, 6.07) is 9.15. The first-order chi connectivity index (χ1) is 9.17. The number of rotatable bonds is 4. The Hall–Kier alpha value is -1.26. The Morgan fingerprint density at radius 1 is 1.32 bits per heavy atom. The molecule has 1 aliphatic rings. The molecule has 0 amide bonds. The highest BCUT2D eigenvalue weighted by atomic mass is 16.5. The molecule has 0 radical (unpaired) electrons. The van der Waals surface area contributed by atoms with Gasteiger partial charge in [-0.15, -0.1) is 0 Å². The predicted octanol–water partition coefficient (Wildman–Crippen LogP) is 1.55. The molecule has 1 fully saturated rings.